The number of aromatic nitrogens is 2. The molecule has 3 rings (SSSR count). The Morgan fingerprint density at radius 1 is 1.10 bits per heavy atom. The van der Waals surface area contributed by atoms with Gasteiger partial charge >= 0.3 is 0 Å². The van der Waals surface area contributed by atoms with E-state index in [9.17, 15) is 4.79 Å². The van der Waals surface area contributed by atoms with Gasteiger partial charge in [-0.2, -0.15) is 0 Å². The second-order valence-corrected chi connectivity index (χ2v) is 7.82. The summed E-state index contributed by atoms with van der Waals surface area (Å²) < 4.78 is 7.52. The fourth-order valence-corrected chi connectivity index (χ4v) is 4.23. The molecule has 5 nitrogen and oxygen atoms in total. The molecule has 29 heavy (non-hydrogen) atoms. The lowest BCUT2D eigenvalue weighted by Gasteiger charge is -2.21. The minimum Gasteiger partial charge on any atom is -0.496 e. The van der Waals surface area contributed by atoms with Gasteiger partial charge in [-0.25, -0.2) is 4.98 Å². The van der Waals surface area contributed by atoms with Gasteiger partial charge < -0.3 is 10.1 Å². The zero-order valence-electron chi connectivity index (χ0n) is 18.4. The van der Waals surface area contributed by atoms with Crippen molar-refractivity contribution >= 4 is 5.69 Å². The number of ether oxygens (including phenoxy) is 1. The van der Waals surface area contributed by atoms with Crippen molar-refractivity contribution in [2.24, 2.45) is 0 Å². The maximum Gasteiger partial charge on any atom is 0.277 e. The largest absolute Gasteiger partial charge is 0.496 e. The Morgan fingerprint density at radius 3 is 2.45 bits per heavy atom. The first-order valence-electron chi connectivity index (χ1n) is 11.2. The molecular formula is C24H35N3O2. The quantitative estimate of drug-likeness (QED) is 0.606. The number of rotatable bonds is 9. The molecule has 0 saturated heterocycles. The van der Waals surface area contributed by atoms with Crippen molar-refractivity contribution in [3.8, 4) is 17.1 Å². The minimum absolute atomic E-state index is 0.0191. The summed E-state index contributed by atoms with van der Waals surface area (Å²) in [5.41, 5.74) is 5.18. The molecule has 1 heterocycles. The molecule has 1 aromatic heterocycles. The number of hydrogen-bond acceptors (Lipinski definition) is 4. The fourth-order valence-electron chi connectivity index (χ4n) is 4.23. The molecular weight excluding hydrogens is 362 g/mol. The smallest absolute Gasteiger partial charge is 0.277 e. The third-order valence-corrected chi connectivity index (χ3v) is 5.88. The number of hydrogen-bond donors (Lipinski definition) is 1. The second-order valence-electron chi connectivity index (χ2n) is 7.82. The van der Waals surface area contributed by atoms with Crippen LogP contribution in [0.5, 0.6) is 5.75 Å². The molecule has 0 amide bonds. The summed E-state index contributed by atoms with van der Waals surface area (Å²) in [5.74, 6) is 1.53. The predicted octanol–water partition coefficient (Wildman–Crippen LogP) is 4.98. The van der Waals surface area contributed by atoms with Crippen molar-refractivity contribution in [3.63, 3.8) is 0 Å². The van der Waals surface area contributed by atoms with Gasteiger partial charge in [-0.15, -0.1) is 0 Å². The van der Waals surface area contributed by atoms with E-state index in [1.807, 2.05) is 6.92 Å². The van der Waals surface area contributed by atoms with Gasteiger partial charge in [0.15, 0.2) is 0 Å². The highest BCUT2D eigenvalue weighted by Crippen LogP contribution is 2.35. The van der Waals surface area contributed by atoms with Crippen molar-refractivity contribution in [3.05, 3.63) is 39.3 Å². The van der Waals surface area contributed by atoms with Crippen LogP contribution in [-0.4, -0.2) is 23.2 Å². The van der Waals surface area contributed by atoms with Crippen LogP contribution in [-0.2, 0) is 25.8 Å². The molecule has 5 heteroatoms. The fraction of sp³-hybridized carbons (Fsp3) is 0.583. The van der Waals surface area contributed by atoms with Gasteiger partial charge in [0.05, 0.1) is 18.4 Å². The number of methoxy groups -OCH3 is 1. The lowest BCUT2D eigenvalue weighted by Crippen LogP contribution is -2.28. The van der Waals surface area contributed by atoms with Gasteiger partial charge in [0.1, 0.15) is 17.3 Å². The Kier molecular flexibility index (Phi) is 7.34. The molecule has 0 fully saturated rings. The first kappa shape index (κ1) is 21.4. The third kappa shape index (κ3) is 4.49. The Hall–Kier alpha value is -2.30. The summed E-state index contributed by atoms with van der Waals surface area (Å²) in [5, 5.41) is 3.37. The van der Waals surface area contributed by atoms with Crippen LogP contribution in [0.25, 0.3) is 11.4 Å². The van der Waals surface area contributed by atoms with E-state index in [1.54, 1.807) is 11.7 Å². The van der Waals surface area contributed by atoms with Gasteiger partial charge in [-0.1, -0.05) is 26.7 Å². The number of benzene rings is 1. The van der Waals surface area contributed by atoms with Crippen molar-refractivity contribution < 1.29 is 4.74 Å². The number of fused-ring (bicyclic) bond motifs is 1. The van der Waals surface area contributed by atoms with Crippen LogP contribution in [0.2, 0.25) is 0 Å². The summed E-state index contributed by atoms with van der Waals surface area (Å²) in [7, 11) is 1.70. The Labute approximate surface area is 174 Å². The summed E-state index contributed by atoms with van der Waals surface area (Å²) in [6, 6.07) is 4.35. The van der Waals surface area contributed by atoms with E-state index in [2.05, 4.69) is 31.3 Å². The highest BCUT2D eigenvalue weighted by molar-refractivity contribution is 5.68. The van der Waals surface area contributed by atoms with Crippen molar-refractivity contribution in [1.29, 1.82) is 0 Å². The summed E-state index contributed by atoms with van der Waals surface area (Å²) in [6.07, 6.45) is 8.73. The maximum absolute atomic E-state index is 13.3. The van der Waals surface area contributed by atoms with E-state index in [0.717, 1.165) is 67.9 Å². The molecule has 0 bridgehead atoms. The normalized spacial score (nSPS) is 13.2. The van der Waals surface area contributed by atoms with E-state index in [-0.39, 0.29) is 5.56 Å². The van der Waals surface area contributed by atoms with Gasteiger partial charge in [0.2, 0.25) is 0 Å². The zero-order chi connectivity index (χ0) is 20.8. The molecule has 1 N–H and O–H groups in total. The second kappa shape index (κ2) is 9.95. The summed E-state index contributed by atoms with van der Waals surface area (Å²) in [6.45, 7) is 7.63. The topological polar surface area (TPSA) is 56.2 Å². The molecule has 0 unspecified atom stereocenters. The van der Waals surface area contributed by atoms with Gasteiger partial charge in [0.25, 0.3) is 5.56 Å². The molecule has 0 radical (unpaired) electrons. The molecule has 1 aromatic carbocycles. The van der Waals surface area contributed by atoms with Crippen LogP contribution in [0.3, 0.4) is 0 Å². The molecule has 158 valence electrons. The van der Waals surface area contributed by atoms with Crippen LogP contribution in [0.1, 0.15) is 69.7 Å². The number of nitrogens with zero attached hydrogens (tertiary/aromatic N) is 2. The average molecular weight is 398 g/mol. The van der Waals surface area contributed by atoms with Crippen LogP contribution in [0.4, 0.5) is 5.69 Å². The lowest BCUT2D eigenvalue weighted by atomic mass is 9.89. The van der Waals surface area contributed by atoms with Crippen LogP contribution in [0.15, 0.2) is 16.9 Å². The molecule has 2 aromatic rings. The van der Waals surface area contributed by atoms with Gasteiger partial charge in [-0.05, 0) is 68.7 Å². The molecule has 0 spiro atoms. The molecule has 0 saturated carbocycles. The van der Waals surface area contributed by atoms with Crippen LogP contribution < -0.4 is 15.6 Å². The Balaban J connectivity index is 2.10. The van der Waals surface area contributed by atoms with Crippen LogP contribution in [0, 0.1) is 0 Å². The zero-order valence-corrected chi connectivity index (χ0v) is 18.4. The van der Waals surface area contributed by atoms with E-state index in [0.29, 0.717) is 12.2 Å². The lowest BCUT2D eigenvalue weighted by molar-refractivity contribution is 0.414. The first-order chi connectivity index (χ1) is 14.1. The molecule has 1 aliphatic rings. The Bertz CT molecular complexity index is 902. The van der Waals surface area contributed by atoms with Crippen molar-refractivity contribution in [2.75, 3.05) is 19.0 Å². The molecule has 0 aliphatic heterocycles. The van der Waals surface area contributed by atoms with E-state index >= 15 is 0 Å². The number of aryl methyl sites for hydroxylation is 3. The minimum atomic E-state index is 0.0191. The number of nitrogens with one attached hydrogen (secondary N) is 1. The SMILES string of the molecule is CCCCCNc1c(CC)nc(-c2cc3c(cc2OC)CCCC3)n(CC)c1=O. The monoisotopic (exact) mass is 397 g/mol. The highest BCUT2D eigenvalue weighted by Gasteiger charge is 2.21. The van der Waals surface area contributed by atoms with Gasteiger partial charge in [0, 0.05) is 13.1 Å². The summed E-state index contributed by atoms with van der Waals surface area (Å²) in [4.78, 5) is 18.3. The highest BCUT2D eigenvalue weighted by atomic mass is 16.5. The van der Waals surface area contributed by atoms with Crippen molar-refractivity contribution in [1.82, 2.24) is 9.55 Å². The van der Waals surface area contributed by atoms with E-state index in [4.69, 9.17) is 9.72 Å². The van der Waals surface area contributed by atoms with E-state index < -0.39 is 0 Å². The van der Waals surface area contributed by atoms with E-state index in [1.165, 1.54) is 24.0 Å². The molecule has 1 aliphatic carbocycles. The standard InChI is InChI=1S/C24H35N3O2/c1-5-8-11-14-25-22-20(6-2)26-23(27(7-3)24(22)28)19-15-17-12-9-10-13-18(17)16-21(19)29-4/h15-16,25H,5-14H2,1-4H3. The first-order valence-corrected chi connectivity index (χ1v) is 11.2. The maximum atomic E-state index is 13.3. The predicted molar refractivity (Wildman–Crippen MR) is 120 cm³/mol. The molecule has 0 atom stereocenters. The average Bonchev–Trinajstić information content (AvgIpc) is 2.76. The third-order valence-electron chi connectivity index (χ3n) is 5.88. The Morgan fingerprint density at radius 2 is 1.83 bits per heavy atom. The van der Waals surface area contributed by atoms with Crippen molar-refractivity contribution in [2.45, 2.75) is 78.7 Å². The van der Waals surface area contributed by atoms with Gasteiger partial charge in [-0.3, -0.25) is 9.36 Å². The van der Waals surface area contributed by atoms with Crippen LogP contribution >= 0.6 is 0 Å². The number of anilines is 1. The summed E-state index contributed by atoms with van der Waals surface area (Å²) >= 11 is 0. The number of unbranched alkanes of at least 4 members (excludes halogenated alkanes) is 2.